The smallest absolute Gasteiger partial charge is 0.407 e. The summed E-state index contributed by atoms with van der Waals surface area (Å²) in [6.45, 7) is 0.0302. The van der Waals surface area contributed by atoms with Crippen LogP contribution in [0.25, 0.3) is 11.1 Å². The zero-order valence-corrected chi connectivity index (χ0v) is 17.7. The van der Waals surface area contributed by atoms with Gasteiger partial charge in [-0.2, -0.15) is 0 Å². The van der Waals surface area contributed by atoms with Gasteiger partial charge in [0.2, 0.25) is 0 Å². The molecule has 1 amide bonds. The molecule has 0 unspecified atom stereocenters. The number of fused-ring (bicyclic) bond motifs is 3. The SMILES string of the molecule is O=C(C[C@H](NC(=O)OCC1c2ccccc2-c2ccccc21)C(=O)[O-])OCc1ccccc1. The molecule has 0 aliphatic heterocycles. The standard InChI is InChI=1S/C26H23NO6/c28-24(32-15-17-8-2-1-3-9-17)14-23(25(29)30)27-26(31)33-16-22-20-12-6-4-10-18(20)19-11-5-7-13-21(19)22/h1-13,22-23H,14-16H2,(H,27,31)(H,29,30)/p-1/t23-/m0/s1. The number of hydrogen-bond donors (Lipinski definition) is 1. The highest BCUT2D eigenvalue weighted by molar-refractivity contribution is 5.84. The maximum atomic E-state index is 12.3. The van der Waals surface area contributed by atoms with Gasteiger partial charge in [-0.15, -0.1) is 0 Å². The van der Waals surface area contributed by atoms with Crippen molar-refractivity contribution in [2.45, 2.75) is 25.0 Å². The molecule has 0 saturated carbocycles. The number of rotatable bonds is 8. The molecule has 0 fully saturated rings. The molecule has 1 N–H and O–H groups in total. The molecule has 168 valence electrons. The summed E-state index contributed by atoms with van der Waals surface area (Å²) in [6.07, 6.45) is -1.51. The minimum absolute atomic E-state index is 0.00435. The predicted molar refractivity (Wildman–Crippen MR) is 118 cm³/mol. The Kier molecular flexibility index (Phi) is 6.69. The first-order chi connectivity index (χ1) is 16.0. The summed E-state index contributed by atoms with van der Waals surface area (Å²) in [4.78, 5) is 35.8. The number of carbonyl (C=O) groups is 3. The molecule has 3 aromatic rings. The van der Waals surface area contributed by atoms with Crippen molar-refractivity contribution >= 4 is 18.0 Å². The number of benzene rings is 3. The lowest BCUT2D eigenvalue weighted by Gasteiger charge is -2.20. The molecule has 3 aromatic carbocycles. The highest BCUT2D eigenvalue weighted by Gasteiger charge is 2.29. The number of carboxylic acids is 1. The Morgan fingerprint density at radius 3 is 2.00 bits per heavy atom. The zero-order chi connectivity index (χ0) is 23.2. The van der Waals surface area contributed by atoms with E-state index < -0.39 is 30.5 Å². The molecule has 0 heterocycles. The maximum Gasteiger partial charge on any atom is 0.407 e. The Bertz CT molecular complexity index is 1110. The average molecular weight is 444 g/mol. The Labute approximate surface area is 191 Å². The van der Waals surface area contributed by atoms with Crippen LogP contribution in [0.5, 0.6) is 0 Å². The topological polar surface area (TPSA) is 105 Å². The lowest BCUT2D eigenvalue weighted by Crippen LogP contribution is -2.49. The molecular formula is C26H22NO6-. The normalized spacial score (nSPS) is 12.8. The van der Waals surface area contributed by atoms with Gasteiger partial charge in [0.05, 0.1) is 18.4 Å². The molecule has 0 aromatic heterocycles. The first-order valence-corrected chi connectivity index (χ1v) is 10.5. The van der Waals surface area contributed by atoms with Crippen LogP contribution in [-0.2, 0) is 25.7 Å². The van der Waals surface area contributed by atoms with Gasteiger partial charge in [0.25, 0.3) is 0 Å². The molecule has 0 bridgehead atoms. The number of alkyl carbamates (subject to hydrolysis) is 1. The van der Waals surface area contributed by atoms with Crippen LogP contribution in [0, 0.1) is 0 Å². The van der Waals surface area contributed by atoms with Crippen molar-refractivity contribution in [1.82, 2.24) is 5.32 Å². The van der Waals surface area contributed by atoms with Gasteiger partial charge < -0.3 is 24.7 Å². The second-order valence-corrected chi connectivity index (χ2v) is 7.69. The van der Waals surface area contributed by atoms with Gasteiger partial charge >= 0.3 is 12.1 Å². The monoisotopic (exact) mass is 444 g/mol. The first-order valence-electron chi connectivity index (χ1n) is 10.5. The number of esters is 1. The van der Waals surface area contributed by atoms with E-state index in [1.165, 1.54) is 0 Å². The van der Waals surface area contributed by atoms with Crippen molar-refractivity contribution in [2.75, 3.05) is 6.61 Å². The lowest BCUT2D eigenvalue weighted by molar-refractivity contribution is -0.308. The molecule has 1 atom stereocenters. The summed E-state index contributed by atoms with van der Waals surface area (Å²) in [6, 6.07) is 23.1. The third-order valence-corrected chi connectivity index (χ3v) is 5.53. The summed E-state index contributed by atoms with van der Waals surface area (Å²) >= 11 is 0. The molecule has 0 saturated heterocycles. The third kappa shape index (κ3) is 5.20. The van der Waals surface area contributed by atoms with Crippen molar-refractivity contribution in [3.05, 3.63) is 95.6 Å². The van der Waals surface area contributed by atoms with Gasteiger partial charge in [-0.25, -0.2) is 4.79 Å². The Morgan fingerprint density at radius 2 is 1.39 bits per heavy atom. The summed E-state index contributed by atoms with van der Waals surface area (Å²) in [5.41, 5.74) is 4.99. The van der Waals surface area contributed by atoms with E-state index in [0.29, 0.717) is 0 Å². The molecule has 1 aliphatic carbocycles. The number of hydrogen-bond acceptors (Lipinski definition) is 6. The van der Waals surface area contributed by atoms with Crippen LogP contribution in [0.4, 0.5) is 4.79 Å². The molecule has 0 spiro atoms. The Hall–Kier alpha value is -4.13. The van der Waals surface area contributed by atoms with Gasteiger partial charge in [0.1, 0.15) is 13.2 Å². The zero-order valence-electron chi connectivity index (χ0n) is 17.7. The minimum Gasteiger partial charge on any atom is -0.548 e. The fourth-order valence-electron chi connectivity index (χ4n) is 3.94. The quantitative estimate of drug-likeness (QED) is 0.536. The largest absolute Gasteiger partial charge is 0.548 e. The fraction of sp³-hybridized carbons (Fsp3) is 0.192. The first kappa shape index (κ1) is 22.1. The van der Waals surface area contributed by atoms with Gasteiger partial charge in [-0.1, -0.05) is 78.9 Å². The summed E-state index contributed by atoms with van der Waals surface area (Å²) in [7, 11) is 0. The van der Waals surface area contributed by atoms with Crippen LogP contribution < -0.4 is 10.4 Å². The number of nitrogens with one attached hydrogen (secondary N) is 1. The van der Waals surface area contributed by atoms with Crippen LogP contribution >= 0.6 is 0 Å². The maximum absolute atomic E-state index is 12.3. The summed E-state index contributed by atoms with van der Waals surface area (Å²) in [5.74, 6) is -2.53. The van der Waals surface area contributed by atoms with E-state index in [2.05, 4.69) is 5.32 Å². The van der Waals surface area contributed by atoms with Crippen molar-refractivity contribution in [3.8, 4) is 11.1 Å². The van der Waals surface area contributed by atoms with Gasteiger partial charge in [-0.05, 0) is 27.8 Å². The average Bonchev–Trinajstić information content (AvgIpc) is 3.15. The molecular weight excluding hydrogens is 422 g/mol. The van der Waals surface area contributed by atoms with Crippen molar-refractivity contribution in [2.24, 2.45) is 0 Å². The molecule has 4 rings (SSSR count). The van der Waals surface area contributed by atoms with Crippen LogP contribution in [0.1, 0.15) is 29.0 Å². The van der Waals surface area contributed by atoms with E-state index in [9.17, 15) is 19.5 Å². The van der Waals surface area contributed by atoms with E-state index in [1.54, 1.807) is 24.3 Å². The molecule has 1 aliphatic rings. The van der Waals surface area contributed by atoms with Crippen molar-refractivity contribution < 1.29 is 29.0 Å². The minimum atomic E-state index is -1.60. The van der Waals surface area contributed by atoms with Crippen LogP contribution in [0.3, 0.4) is 0 Å². The lowest BCUT2D eigenvalue weighted by atomic mass is 9.98. The summed E-state index contributed by atoms with van der Waals surface area (Å²) < 4.78 is 10.4. The predicted octanol–water partition coefficient (Wildman–Crippen LogP) is 2.78. The fourth-order valence-corrected chi connectivity index (χ4v) is 3.94. The van der Waals surface area contributed by atoms with Crippen molar-refractivity contribution in [1.29, 1.82) is 0 Å². The second kappa shape index (κ2) is 9.99. The van der Waals surface area contributed by atoms with E-state index in [0.717, 1.165) is 27.8 Å². The molecule has 7 nitrogen and oxygen atoms in total. The number of amides is 1. The van der Waals surface area contributed by atoms with E-state index in [4.69, 9.17) is 9.47 Å². The van der Waals surface area contributed by atoms with Gasteiger partial charge in [0, 0.05) is 5.92 Å². The van der Waals surface area contributed by atoms with Crippen LogP contribution in [0.2, 0.25) is 0 Å². The van der Waals surface area contributed by atoms with Gasteiger partial charge in [0.15, 0.2) is 0 Å². The Balaban J connectivity index is 1.33. The number of aliphatic carboxylic acids is 1. The van der Waals surface area contributed by atoms with E-state index >= 15 is 0 Å². The van der Waals surface area contributed by atoms with Crippen LogP contribution in [-0.4, -0.2) is 30.7 Å². The number of carboxylic acid groups (broad SMARTS) is 1. The van der Waals surface area contributed by atoms with E-state index in [1.807, 2.05) is 54.6 Å². The molecule has 7 heteroatoms. The number of carbonyl (C=O) groups excluding carboxylic acids is 3. The second-order valence-electron chi connectivity index (χ2n) is 7.69. The molecule has 33 heavy (non-hydrogen) atoms. The molecule has 0 radical (unpaired) electrons. The van der Waals surface area contributed by atoms with E-state index in [-0.39, 0.29) is 19.1 Å². The van der Waals surface area contributed by atoms with Crippen molar-refractivity contribution in [3.63, 3.8) is 0 Å². The third-order valence-electron chi connectivity index (χ3n) is 5.53. The highest BCUT2D eigenvalue weighted by atomic mass is 16.6. The van der Waals surface area contributed by atoms with Gasteiger partial charge in [-0.3, -0.25) is 4.79 Å². The summed E-state index contributed by atoms with van der Waals surface area (Å²) in [5, 5.41) is 13.6. The Morgan fingerprint density at radius 1 is 0.818 bits per heavy atom. The van der Waals surface area contributed by atoms with Crippen LogP contribution in [0.15, 0.2) is 78.9 Å². The highest BCUT2D eigenvalue weighted by Crippen LogP contribution is 2.44. The number of ether oxygens (including phenoxy) is 2.